The van der Waals surface area contributed by atoms with Gasteiger partial charge in [0.05, 0.1) is 19.4 Å². The predicted octanol–water partition coefficient (Wildman–Crippen LogP) is 1.10. The maximum atomic E-state index is 8.99. The summed E-state index contributed by atoms with van der Waals surface area (Å²) in [5, 5.41) is 12.8. The molecule has 2 heterocycles. The number of aliphatic hydroxyl groups is 1. The molecule has 0 unspecified atom stereocenters. The quantitative estimate of drug-likeness (QED) is 0.883. The van der Waals surface area contributed by atoms with Crippen molar-refractivity contribution in [3.63, 3.8) is 0 Å². The molecular weight excluding hydrogens is 250 g/mol. The molecule has 0 aromatic heterocycles. The number of hydrogen-bond donors (Lipinski definition) is 1. The van der Waals surface area contributed by atoms with Crippen LogP contribution in [0.25, 0.3) is 0 Å². The highest BCUT2D eigenvalue weighted by molar-refractivity contribution is 5.86. The molecule has 0 aliphatic carbocycles. The summed E-state index contributed by atoms with van der Waals surface area (Å²) >= 11 is 0. The summed E-state index contributed by atoms with van der Waals surface area (Å²) in [6.07, 6.45) is 1.28. The fraction of sp³-hybridized carbons (Fsp3) is 0.462. The van der Waals surface area contributed by atoms with Crippen LogP contribution in [0.15, 0.2) is 17.3 Å². The summed E-state index contributed by atoms with van der Waals surface area (Å²) in [4.78, 5) is 5.27. The Bertz CT molecular complexity index is 514. The molecule has 3 rings (SSSR count). The predicted molar refractivity (Wildman–Crippen MR) is 66.8 cm³/mol. The number of oxime groups is 1. The van der Waals surface area contributed by atoms with Crippen molar-refractivity contribution in [2.45, 2.75) is 18.9 Å². The van der Waals surface area contributed by atoms with E-state index in [1.807, 2.05) is 12.1 Å². The van der Waals surface area contributed by atoms with Crippen LogP contribution in [-0.4, -0.2) is 37.4 Å². The van der Waals surface area contributed by atoms with Gasteiger partial charge in [-0.3, -0.25) is 0 Å². The molecule has 102 valence electrons. The van der Waals surface area contributed by atoms with E-state index >= 15 is 0 Å². The molecular formula is C13H15NO5. The van der Waals surface area contributed by atoms with Crippen molar-refractivity contribution in [1.82, 2.24) is 0 Å². The Labute approximate surface area is 110 Å². The molecule has 0 fully saturated rings. The molecule has 6 heteroatoms. The van der Waals surface area contributed by atoms with Gasteiger partial charge >= 0.3 is 0 Å². The Balaban J connectivity index is 1.75. The van der Waals surface area contributed by atoms with Gasteiger partial charge in [-0.05, 0) is 17.7 Å². The van der Waals surface area contributed by atoms with Crippen LogP contribution in [0.4, 0.5) is 0 Å². The first-order valence-corrected chi connectivity index (χ1v) is 6.09. The third-order valence-corrected chi connectivity index (χ3v) is 3.16. The molecule has 0 radical (unpaired) electrons. The molecule has 0 spiro atoms. The third kappa shape index (κ3) is 2.31. The van der Waals surface area contributed by atoms with Crippen molar-refractivity contribution in [2.24, 2.45) is 5.16 Å². The topological polar surface area (TPSA) is 69.5 Å². The van der Waals surface area contributed by atoms with Gasteiger partial charge in [-0.2, -0.15) is 0 Å². The van der Waals surface area contributed by atoms with Crippen LogP contribution in [0.5, 0.6) is 17.2 Å². The normalized spacial score (nSPS) is 20.1. The largest absolute Gasteiger partial charge is 0.493 e. The lowest BCUT2D eigenvalue weighted by molar-refractivity contribution is 0.0858. The molecule has 2 aliphatic rings. The monoisotopic (exact) mass is 265 g/mol. The molecule has 19 heavy (non-hydrogen) atoms. The molecule has 1 atom stereocenters. The molecule has 1 aromatic carbocycles. The van der Waals surface area contributed by atoms with Gasteiger partial charge in [0.15, 0.2) is 11.5 Å². The van der Waals surface area contributed by atoms with E-state index in [4.69, 9.17) is 24.2 Å². The second-order valence-corrected chi connectivity index (χ2v) is 4.48. The Morgan fingerprint density at radius 2 is 2.32 bits per heavy atom. The smallest absolute Gasteiger partial charge is 0.231 e. The average Bonchev–Trinajstić information content (AvgIpc) is 3.06. The molecule has 0 amide bonds. The van der Waals surface area contributed by atoms with Crippen LogP contribution in [0.3, 0.4) is 0 Å². The number of rotatable bonds is 4. The molecule has 0 saturated heterocycles. The zero-order valence-electron chi connectivity index (χ0n) is 10.6. The van der Waals surface area contributed by atoms with E-state index in [9.17, 15) is 0 Å². The van der Waals surface area contributed by atoms with Gasteiger partial charge in [-0.25, -0.2) is 0 Å². The van der Waals surface area contributed by atoms with Gasteiger partial charge < -0.3 is 24.2 Å². The molecule has 2 aliphatic heterocycles. The fourth-order valence-electron chi connectivity index (χ4n) is 2.25. The minimum atomic E-state index is -0.0546. The summed E-state index contributed by atoms with van der Waals surface area (Å²) in [5.41, 5.74) is 1.71. The van der Waals surface area contributed by atoms with Gasteiger partial charge in [0.1, 0.15) is 6.10 Å². The van der Waals surface area contributed by atoms with Gasteiger partial charge in [-0.15, -0.1) is 0 Å². The van der Waals surface area contributed by atoms with Crippen LogP contribution >= 0.6 is 0 Å². The van der Waals surface area contributed by atoms with E-state index in [0.29, 0.717) is 35.8 Å². The number of ether oxygens (including phenoxy) is 3. The van der Waals surface area contributed by atoms with Gasteiger partial charge in [-0.1, -0.05) is 5.16 Å². The van der Waals surface area contributed by atoms with Crippen molar-refractivity contribution in [2.75, 3.05) is 20.5 Å². The van der Waals surface area contributed by atoms with Crippen molar-refractivity contribution in [1.29, 1.82) is 0 Å². The van der Waals surface area contributed by atoms with Crippen LogP contribution in [-0.2, 0) is 11.3 Å². The zero-order valence-corrected chi connectivity index (χ0v) is 10.6. The number of hydrogen-bond acceptors (Lipinski definition) is 6. The minimum Gasteiger partial charge on any atom is -0.493 e. The van der Waals surface area contributed by atoms with E-state index in [2.05, 4.69) is 5.16 Å². The summed E-state index contributed by atoms with van der Waals surface area (Å²) in [6, 6.07) is 3.83. The average molecular weight is 265 g/mol. The minimum absolute atomic E-state index is 0.0489. The van der Waals surface area contributed by atoms with E-state index < -0.39 is 0 Å². The maximum Gasteiger partial charge on any atom is 0.231 e. The highest BCUT2D eigenvalue weighted by Crippen LogP contribution is 2.42. The van der Waals surface area contributed by atoms with Crippen molar-refractivity contribution < 1.29 is 24.2 Å². The van der Waals surface area contributed by atoms with Crippen LogP contribution in [0, 0.1) is 0 Å². The van der Waals surface area contributed by atoms with Crippen LogP contribution in [0.2, 0.25) is 0 Å². The Hall–Kier alpha value is -1.95. The molecule has 1 N–H and O–H groups in total. The van der Waals surface area contributed by atoms with Crippen LogP contribution in [0.1, 0.15) is 12.0 Å². The van der Waals surface area contributed by atoms with E-state index in [1.54, 1.807) is 7.11 Å². The standard InChI is InChI=1S/C13H15NO5/c1-16-11-3-8(4-12-13(11)18-7-17-12)2-10-5-9(6-15)14-19-10/h3-4,10,15H,2,5-7H2,1H3/t10-/m1/s1. The molecule has 1 aromatic rings. The Morgan fingerprint density at radius 3 is 3.05 bits per heavy atom. The molecule has 0 bridgehead atoms. The lowest BCUT2D eigenvalue weighted by Gasteiger charge is -2.11. The number of nitrogens with zero attached hydrogens (tertiary/aromatic N) is 1. The molecule has 6 nitrogen and oxygen atoms in total. The summed E-state index contributed by atoms with van der Waals surface area (Å²) in [6.45, 7) is 0.161. The fourth-order valence-corrected chi connectivity index (χ4v) is 2.25. The van der Waals surface area contributed by atoms with E-state index in [0.717, 1.165) is 5.56 Å². The lowest BCUT2D eigenvalue weighted by atomic mass is 10.0. The van der Waals surface area contributed by atoms with Crippen molar-refractivity contribution in [3.8, 4) is 17.2 Å². The van der Waals surface area contributed by atoms with Crippen LogP contribution < -0.4 is 14.2 Å². The zero-order chi connectivity index (χ0) is 13.2. The first-order chi connectivity index (χ1) is 9.30. The number of benzene rings is 1. The van der Waals surface area contributed by atoms with Crippen molar-refractivity contribution >= 4 is 5.71 Å². The van der Waals surface area contributed by atoms with E-state index in [-0.39, 0.29) is 19.5 Å². The first kappa shape index (κ1) is 12.1. The number of aliphatic hydroxyl groups excluding tert-OH is 1. The Kier molecular flexibility index (Phi) is 3.16. The van der Waals surface area contributed by atoms with Gasteiger partial charge in [0.25, 0.3) is 0 Å². The van der Waals surface area contributed by atoms with Gasteiger partial charge in [0, 0.05) is 12.8 Å². The van der Waals surface area contributed by atoms with E-state index in [1.165, 1.54) is 0 Å². The summed E-state index contributed by atoms with van der Waals surface area (Å²) < 4.78 is 16.0. The SMILES string of the molecule is COc1cc(C[C@@H]2CC(CO)=NO2)cc2c1OCO2. The second-order valence-electron chi connectivity index (χ2n) is 4.48. The van der Waals surface area contributed by atoms with Gasteiger partial charge in [0.2, 0.25) is 12.5 Å². The highest BCUT2D eigenvalue weighted by Gasteiger charge is 2.24. The summed E-state index contributed by atoms with van der Waals surface area (Å²) in [5.74, 6) is 1.99. The Morgan fingerprint density at radius 1 is 1.42 bits per heavy atom. The second kappa shape index (κ2) is 4.97. The maximum absolute atomic E-state index is 8.99. The lowest BCUT2D eigenvalue weighted by Crippen LogP contribution is -2.12. The number of methoxy groups -OCH3 is 1. The highest BCUT2D eigenvalue weighted by atomic mass is 16.7. The number of fused-ring (bicyclic) bond motifs is 1. The summed E-state index contributed by atoms with van der Waals surface area (Å²) in [7, 11) is 1.60. The first-order valence-electron chi connectivity index (χ1n) is 6.09. The third-order valence-electron chi connectivity index (χ3n) is 3.16. The van der Waals surface area contributed by atoms with Crippen molar-refractivity contribution in [3.05, 3.63) is 17.7 Å². The molecule has 0 saturated carbocycles.